The first-order valence-electron chi connectivity index (χ1n) is 8.90. The molecule has 2 amide bonds. The lowest BCUT2D eigenvalue weighted by Crippen LogP contribution is -2.38. The van der Waals surface area contributed by atoms with E-state index in [0.29, 0.717) is 44.9 Å². The molecule has 1 aromatic carbocycles. The van der Waals surface area contributed by atoms with Crippen molar-refractivity contribution in [3.8, 4) is 5.75 Å². The van der Waals surface area contributed by atoms with Crippen LogP contribution in [0.25, 0.3) is 0 Å². The van der Waals surface area contributed by atoms with Crippen LogP contribution in [0, 0.1) is 0 Å². The molecule has 0 radical (unpaired) electrons. The Kier molecular flexibility index (Phi) is 6.19. The summed E-state index contributed by atoms with van der Waals surface area (Å²) in [7, 11) is 0. The number of carbonyl (C=O) groups excluding carboxylic acids is 2. The summed E-state index contributed by atoms with van der Waals surface area (Å²) in [6.45, 7) is 2.73. The standard InChI is InChI=1S/C20H23N3O3/c24-19(10-16-26-17-7-2-1-3-8-17)22-12-6-13-23(15-14-22)20(25)18-9-4-5-11-21-18/h1-5,7-9,11H,6,10,12-16H2. The average molecular weight is 353 g/mol. The van der Waals surface area contributed by atoms with Gasteiger partial charge in [0.15, 0.2) is 0 Å². The van der Waals surface area contributed by atoms with E-state index in [4.69, 9.17) is 4.74 Å². The van der Waals surface area contributed by atoms with Crippen LogP contribution in [0.5, 0.6) is 5.75 Å². The first-order chi connectivity index (χ1) is 12.7. The second-order valence-electron chi connectivity index (χ2n) is 6.15. The number of rotatable bonds is 5. The Hall–Kier alpha value is -2.89. The summed E-state index contributed by atoms with van der Waals surface area (Å²) in [5, 5.41) is 0. The van der Waals surface area contributed by atoms with Crippen LogP contribution in [-0.2, 0) is 4.79 Å². The number of nitrogens with zero attached hydrogens (tertiary/aromatic N) is 3. The average Bonchev–Trinajstić information content (AvgIpc) is 2.95. The van der Waals surface area contributed by atoms with Crippen molar-refractivity contribution in [2.75, 3.05) is 32.8 Å². The monoisotopic (exact) mass is 353 g/mol. The normalized spacial score (nSPS) is 14.6. The molecule has 0 saturated carbocycles. The van der Waals surface area contributed by atoms with Crippen molar-refractivity contribution in [1.82, 2.24) is 14.8 Å². The summed E-state index contributed by atoms with van der Waals surface area (Å²) < 4.78 is 5.60. The first kappa shape index (κ1) is 17.9. The lowest BCUT2D eigenvalue weighted by atomic mass is 10.3. The van der Waals surface area contributed by atoms with Crippen LogP contribution >= 0.6 is 0 Å². The van der Waals surface area contributed by atoms with Gasteiger partial charge in [0.1, 0.15) is 11.4 Å². The zero-order valence-corrected chi connectivity index (χ0v) is 14.7. The Morgan fingerprint density at radius 1 is 0.923 bits per heavy atom. The molecule has 0 unspecified atom stereocenters. The van der Waals surface area contributed by atoms with Gasteiger partial charge in [-0.05, 0) is 30.7 Å². The number of carbonyl (C=O) groups is 2. The summed E-state index contributed by atoms with van der Waals surface area (Å²) in [5.74, 6) is 0.753. The highest BCUT2D eigenvalue weighted by atomic mass is 16.5. The number of pyridine rings is 1. The lowest BCUT2D eigenvalue weighted by Gasteiger charge is -2.22. The molecule has 6 heteroatoms. The van der Waals surface area contributed by atoms with Gasteiger partial charge >= 0.3 is 0 Å². The maximum absolute atomic E-state index is 12.5. The molecular weight excluding hydrogens is 330 g/mol. The maximum Gasteiger partial charge on any atom is 0.272 e. The molecule has 1 saturated heterocycles. The molecule has 2 aromatic rings. The van der Waals surface area contributed by atoms with Gasteiger partial charge in [0, 0.05) is 32.4 Å². The highest BCUT2D eigenvalue weighted by Crippen LogP contribution is 2.11. The molecule has 0 bridgehead atoms. The molecule has 136 valence electrons. The van der Waals surface area contributed by atoms with Crippen molar-refractivity contribution in [3.63, 3.8) is 0 Å². The van der Waals surface area contributed by atoms with Gasteiger partial charge in [-0.2, -0.15) is 0 Å². The fourth-order valence-electron chi connectivity index (χ4n) is 2.95. The minimum Gasteiger partial charge on any atom is -0.493 e. The van der Waals surface area contributed by atoms with Crippen LogP contribution in [0.3, 0.4) is 0 Å². The van der Waals surface area contributed by atoms with E-state index in [1.807, 2.05) is 35.2 Å². The predicted molar refractivity (Wildman–Crippen MR) is 97.9 cm³/mol. The molecule has 0 N–H and O–H groups in total. The molecule has 0 spiro atoms. The molecule has 3 rings (SSSR count). The van der Waals surface area contributed by atoms with Crippen molar-refractivity contribution in [3.05, 3.63) is 60.4 Å². The number of hydrogen-bond acceptors (Lipinski definition) is 4. The number of benzene rings is 1. The van der Waals surface area contributed by atoms with Gasteiger partial charge in [-0.25, -0.2) is 0 Å². The summed E-state index contributed by atoms with van der Waals surface area (Å²) in [6, 6.07) is 14.8. The van der Waals surface area contributed by atoms with E-state index < -0.39 is 0 Å². The van der Waals surface area contributed by atoms with Gasteiger partial charge in [0.05, 0.1) is 13.0 Å². The van der Waals surface area contributed by atoms with Crippen molar-refractivity contribution in [2.45, 2.75) is 12.8 Å². The number of hydrogen-bond donors (Lipinski definition) is 0. The quantitative estimate of drug-likeness (QED) is 0.827. The van der Waals surface area contributed by atoms with E-state index >= 15 is 0 Å². The van der Waals surface area contributed by atoms with Gasteiger partial charge in [-0.15, -0.1) is 0 Å². The van der Waals surface area contributed by atoms with Crippen LogP contribution in [0.15, 0.2) is 54.7 Å². The fraction of sp³-hybridized carbons (Fsp3) is 0.350. The van der Waals surface area contributed by atoms with Crippen molar-refractivity contribution < 1.29 is 14.3 Å². The summed E-state index contributed by atoms with van der Waals surface area (Å²) in [4.78, 5) is 32.6. The topological polar surface area (TPSA) is 62.7 Å². The van der Waals surface area contributed by atoms with E-state index in [9.17, 15) is 9.59 Å². The first-order valence-corrected chi connectivity index (χ1v) is 8.90. The lowest BCUT2D eigenvalue weighted by molar-refractivity contribution is -0.131. The minimum atomic E-state index is -0.0766. The van der Waals surface area contributed by atoms with Crippen LogP contribution in [0.1, 0.15) is 23.3 Å². The summed E-state index contributed by atoms with van der Waals surface area (Å²) >= 11 is 0. The molecule has 26 heavy (non-hydrogen) atoms. The van der Waals surface area contributed by atoms with Gasteiger partial charge in [0.2, 0.25) is 5.91 Å². The van der Waals surface area contributed by atoms with E-state index in [2.05, 4.69) is 4.98 Å². The van der Waals surface area contributed by atoms with Crippen LogP contribution in [0.4, 0.5) is 0 Å². The van der Waals surface area contributed by atoms with Crippen LogP contribution in [-0.4, -0.2) is 59.4 Å². The third kappa shape index (κ3) is 4.81. The van der Waals surface area contributed by atoms with Gasteiger partial charge in [-0.1, -0.05) is 24.3 Å². The maximum atomic E-state index is 12.5. The Balaban J connectivity index is 1.47. The van der Waals surface area contributed by atoms with Gasteiger partial charge in [-0.3, -0.25) is 14.6 Å². The SMILES string of the molecule is O=C(CCOc1ccccc1)N1CCCN(C(=O)c2ccccn2)CC1. The largest absolute Gasteiger partial charge is 0.493 e. The number of para-hydroxylation sites is 1. The van der Waals surface area contributed by atoms with Gasteiger partial charge < -0.3 is 14.5 Å². The van der Waals surface area contributed by atoms with E-state index in [1.54, 1.807) is 29.3 Å². The van der Waals surface area contributed by atoms with Crippen molar-refractivity contribution in [1.29, 1.82) is 0 Å². The molecule has 2 heterocycles. The second-order valence-corrected chi connectivity index (χ2v) is 6.15. The summed E-state index contributed by atoms with van der Waals surface area (Å²) in [5.41, 5.74) is 0.448. The fourth-order valence-corrected chi connectivity index (χ4v) is 2.95. The van der Waals surface area contributed by atoms with E-state index in [0.717, 1.165) is 12.2 Å². The third-order valence-electron chi connectivity index (χ3n) is 4.35. The number of aromatic nitrogens is 1. The highest BCUT2D eigenvalue weighted by molar-refractivity contribution is 5.92. The van der Waals surface area contributed by atoms with E-state index in [1.165, 1.54) is 0 Å². The Morgan fingerprint density at radius 2 is 1.65 bits per heavy atom. The number of amides is 2. The zero-order valence-electron chi connectivity index (χ0n) is 14.7. The molecular formula is C20H23N3O3. The van der Waals surface area contributed by atoms with Crippen molar-refractivity contribution >= 4 is 11.8 Å². The highest BCUT2D eigenvalue weighted by Gasteiger charge is 2.23. The molecule has 1 aliphatic heterocycles. The molecule has 1 aromatic heterocycles. The molecule has 1 aliphatic rings. The third-order valence-corrected chi connectivity index (χ3v) is 4.35. The predicted octanol–water partition coefficient (Wildman–Crippen LogP) is 2.23. The molecule has 0 aliphatic carbocycles. The molecule has 6 nitrogen and oxygen atoms in total. The van der Waals surface area contributed by atoms with Gasteiger partial charge in [0.25, 0.3) is 5.91 Å². The Labute approximate surface area is 153 Å². The summed E-state index contributed by atoms with van der Waals surface area (Å²) in [6.07, 6.45) is 2.72. The number of ether oxygens (including phenoxy) is 1. The Morgan fingerprint density at radius 3 is 2.42 bits per heavy atom. The smallest absolute Gasteiger partial charge is 0.272 e. The second kappa shape index (κ2) is 8.99. The van der Waals surface area contributed by atoms with Crippen LogP contribution in [0.2, 0.25) is 0 Å². The Bertz CT molecular complexity index is 722. The molecule has 1 fully saturated rings. The minimum absolute atomic E-state index is 0.0630. The van der Waals surface area contributed by atoms with E-state index in [-0.39, 0.29) is 11.8 Å². The van der Waals surface area contributed by atoms with Crippen molar-refractivity contribution in [2.24, 2.45) is 0 Å². The van der Waals surface area contributed by atoms with Crippen LogP contribution < -0.4 is 4.74 Å². The molecule has 0 atom stereocenters. The zero-order chi connectivity index (χ0) is 18.2.